The van der Waals surface area contributed by atoms with Crippen LogP contribution in [-0.4, -0.2) is 18.6 Å². The molecule has 0 radical (unpaired) electrons. The lowest BCUT2D eigenvalue weighted by Crippen LogP contribution is -2.45. The van der Waals surface area contributed by atoms with Crippen molar-refractivity contribution in [3.8, 4) is 11.5 Å². The number of carbonyl (C=O) groups is 2. The van der Waals surface area contributed by atoms with Gasteiger partial charge < -0.3 is 20.1 Å². The summed E-state index contributed by atoms with van der Waals surface area (Å²) in [6.07, 6.45) is 0. The van der Waals surface area contributed by atoms with Gasteiger partial charge in [0.15, 0.2) is 0 Å². The Kier molecular flexibility index (Phi) is 6.15. The van der Waals surface area contributed by atoms with Crippen molar-refractivity contribution < 1.29 is 19.1 Å². The average Bonchev–Trinajstić information content (AvgIpc) is 2.67. The fourth-order valence-corrected chi connectivity index (χ4v) is 3.34. The molecule has 158 valence electrons. The maximum absolute atomic E-state index is 12.5. The zero-order chi connectivity index (χ0) is 21.9. The van der Waals surface area contributed by atoms with E-state index in [0.717, 1.165) is 5.56 Å². The summed E-state index contributed by atoms with van der Waals surface area (Å²) >= 11 is 0. The van der Waals surface area contributed by atoms with Gasteiger partial charge in [-0.05, 0) is 54.7 Å². The number of rotatable bonds is 5. The number of urea groups is 1. The summed E-state index contributed by atoms with van der Waals surface area (Å²) in [5, 5.41) is 5.44. The van der Waals surface area contributed by atoms with Crippen LogP contribution in [0.3, 0.4) is 0 Å². The molecule has 0 aliphatic carbocycles. The molecule has 6 nitrogen and oxygen atoms in total. The number of esters is 1. The monoisotopic (exact) mass is 408 g/mol. The molecule has 2 aromatic rings. The second-order valence-electron chi connectivity index (χ2n) is 8.24. The van der Waals surface area contributed by atoms with Crippen LogP contribution in [0.5, 0.6) is 11.5 Å². The lowest BCUT2D eigenvalue weighted by Gasteiger charge is -2.28. The number of nitrogens with one attached hydrogen (secondary N) is 2. The van der Waals surface area contributed by atoms with Crippen molar-refractivity contribution in [1.29, 1.82) is 0 Å². The SMILES string of the molecule is CCOC(=O)C1=C(C)NC(=O)NC1c1cccc(Oc2ccc(C(C)(C)C)cc2)c1. The number of carbonyl (C=O) groups excluding carboxylic acids is 2. The first kappa shape index (κ1) is 21.4. The Morgan fingerprint density at radius 1 is 1.07 bits per heavy atom. The van der Waals surface area contributed by atoms with Crippen LogP contribution in [0.1, 0.15) is 51.8 Å². The van der Waals surface area contributed by atoms with Crippen molar-refractivity contribution in [3.05, 3.63) is 70.9 Å². The lowest BCUT2D eigenvalue weighted by molar-refractivity contribution is -0.139. The number of allylic oxidation sites excluding steroid dienone is 1. The molecule has 0 fully saturated rings. The summed E-state index contributed by atoms with van der Waals surface area (Å²) in [4.78, 5) is 24.5. The summed E-state index contributed by atoms with van der Waals surface area (Å²) in [7, 11) is 0. The van der Waals surface area contributed by atoms with E-state index in [1.807, 2.05) is 36.4 Å². The number of benzene rings is 2. The fourth-order valence-electron chi connectivity index (χ4n) is 3.34. The van der Waals surface area contributed by atoms with Crippen molar-refractivity contribution >= 4 is 12.0 Å². The van der Waals surface area contributed by atoms with E-state index in [2.05, 4.69) is 43.5 Å². The van der Waals surface area contributed by atoms with Gasteiger partial charge in [0.25, 0.3) is 0 Å². The van der Waals surface area contributed by atoms with Gasteiger partial charge in [0, 0.05) is 5.70 Å². The number of amides is 2. The van der Waals surface area contributed by atoms with Crippen molar-refractivity contribution in [2.45, 2.75) is 46.1 Å². The highest BCUT2D eigenvalue weighted by atomic mass is 16.5. The van der Waals surface area contributed by atoms with E-state index in [9.17, 15) is 9.59 Å². The fraction of sp³-hybridized carbons (Fsp3) is 0.333. The Morgan fingerprint density at radius 3 is 2.40 bits per heavy atom. The van der Waals surface area contributed by atoms with E-state index in [4.69, 9.17) is 9.47 Å². The number of hydrogen-bond acceptors (Lipinski definition) is 4. The minimum atomic E-state index is -0.621. The van der Waals surface area contributed by atoms with Crippen LogP contribution in [0.15, 0.2) is 59.8 Å². The number of ether oxygens (including phenoxy) is 2. The Bertz CT molecular complexity index is 971. The van der Waals surface area contributed by atoms with Gasteiger partial charge in [0.2, 0.25) is 0 Å². The molecule has 0 saturated carbocycles. The first-order valence-corrected chi connectivity index (χ1v) is 10.0. The third-order valence-corrected chi connectivity index (χ3v) is 4.91. The number of hydrogen-bond donors (Lipinski definition) is 2. The van der Waals surface area contributed by atoms with Crippen LogP contribution in [0.4, 0.5) is 4.79 Å². The second kappa shape index (κ2) is 8.61. The minimum absolute atomic E-state index is 0.0688. The van der Waals surface area contributed by atoms with Gasteiger partial charge in [-0.1, -0.05) is 45.0 Å². The van der Waals surface area contributed by atoms with E-state index in [1.165, 1.54) is 5.56 Å². The first-order chi connectivity index (χ1) is 14.2. The zero-order valence-corrected chi connectivity index (χ0v) is 18.0. The Balaban J connectivity index is 1.87. The van der Waals surface area contributed by atoms with Crippen LogP contribution in [0, 0.1) is 0 Å². The maximum atomic E-state index is 12.5. The smallest absolute Gasteiger partial charge is 0.338 e. The van der Waals surface area contributed by atoms with Crippen LogP contribution >= 0.6 is 0 Å². The molecule has 0 saturated heterocycles. The summed E-state index contributed by atoms with van der Waals surface area (Å²) in [5.74, 6) is 0.869. The Labute approximate surface area is 177 Å². The van der Waals surface area contributed by atoms with Crippen LogP contribution < -0.4 is 15.4 Å². The van der Waals surface area contributed by atoms with Gasteiger partial charge in [-0.15, -0.1) is 0 Å². The van der Waals surface area contributed by atoms with E-state index in [0.29, 0.717) is 22.8 Å². The molecule has 0 aromatic heterocycles. The third kappa shape index (κ3) is 4.82. The molecule has 0 bridgehead atoms. The topological polar surface area (TPSA) is 76.7 Å². The third-order valence-electron chi connectivity index (χ3n) is 4.91. The molecule has 30 heavy (non-hydrogen) atoms. The van der Waals surface area contributed by atoms with Gasteiger partial charge >= 0.3 is 12.0 Å². The molecule has 2 N–H and O–H groups in total. The molecule has 3 rings (SSSR count). The maximum Gasteiger partial charge on any atom is 0.338 e. The van der Waals surface area contributed by atoms with Crippen molar-refractivity contribution in [2.24, 2.45) is 0 Å². The summed E-state index contributed by atoms with van der Waals surface area (Å²) in [6.45, 7) is 10.2. The van der Waals surface area contributed by atoms with Gasteiger partial charge in [-0.25, -0.2) is 9.59 Å². The quantitative estimate of drug-likeness (QED) is 0.685. The molecule has 2 amide bonds. The standard InChI is InChI=1S/C24H28N2O4/c1-6-29-22(27)20-15(2)25-23(28)26-21(20)16-8-7-9-19(14-16)30-18-12-10-17(11-13-18)24(3,4)5/h7-14,21H,6H2,1-5H3,(H2,25,26,28). The van der Waals surface area contributed by atoms with Crippen molar-refractivity contribution in [3.63, 3.8) is 0 Å². The van der Waals surface area contributed by atoms with Gasteiger partial charge in [0.1, 0.15) is 11.5 Å². The summed E-state index contributed by atoms with van der Waals surface area (Å²) in [5.41, 5.74) is 2.88. The van der Waals surface area contributed by atoms with Crippen molar-refractivity contribution in [1.82, 2.24) is 10.6 Å². The van der Waals surface area contributed by atoms with Gasteiger partial charge in [-0.2, -0.15) is 0 Å². The lowest BCUT2D eigenvalue weighted by atomic mass is 9.87. The molecule has 6 heteroatoms. The van der Waals surface area contributed by atoms with Crippen LogP contribution in [0.2, 0.25) is 0 Å². The highest BCUT2D eigenvalue weighted by Crippen LogP contribution is 2.32. The largest absolute Gasteiger partial charge is 0.463 e. The van der Waals surface area contributed by atoms with E-state index in [-0.39, 0.29) is 18.1 Å². The molecule has 1 heterocycles. The highest BCUT2D eigenvalue weighted by Gasteiger charge is 2.32. The van der Waals surface area contributed by atoms with E-state index < -0.39 is 12.0 Å². The Morgan fingerprint density at radius 2 is 1.77 bits per heavy atom. The molecule has 1 aliphatic heterocycles. The molecule has 1 aliphatic rings. The summed E-state index contributed by atoms with van der Waals surface area (Å²) < 4.78 is 11.2. The van der Waals surface area contributed by atoms with Crippen LogP contribution in [0.25, 0.3) is 0 Å². The Hall–Kier alpha value is -3.28. The minimum Gasteiger partial charge on any atom is -0.463 e. The van der Waals surface area contributed by atoms with Gasteiger partial charge in [0.05, 0.1) is 18.2 Å². The van der Waals surface area contributed by atoms with Gasteiger partial charge in [-0.3, -0.25) is 0 Å². The first-order valence-electron chi connectivity index (χ1n) is 10.0. The van der Waals surface area contributed by atoms with E-state index in [1.54, 1.807) is 13.8 Å². The predicted molar refractivity (Wildman–Crippen MR) is 115 cm³/mol. The second-order valence-corrected chi connectivity index (χ2v) is 8.24. The van der Waals surface area contributed by atoms with E-state index >= 15 is 0 Å². The summed E-state index contributed by atoms with van der Waals surface area (Å²) in [6, 6.07) is 14.3. The average molecular weight is 408 g/mol. The van der Waals surface area contributed by atoms with Crippen LogP contribution in [-0.2, 0) is 14.9 Å². The predicted octanol–water partition coefficient (Wildman–Crippen LogP) is 4.97. The highest BCUT2D eigenvalue weighted by molar-refractivity contribution is 5.95. The molecule has 1 atom stereocenters. The molecule has 0 spiro atoms. The molecular weight excluding hydrogens is 380 g/mol. The molecule has 1 unspecified atom stereocenters. The zero-order valence-electron chi connectivity index (χ0n) is 18.0. The van der Waals surface area contributed by atoms with Crippen molar-refractivity contribution in [2.75, 3.05) is 6.61 Å². The molecule has 2 aromatic carbocycles. The molecular formula is C24H28N2O4. The normalized spacial score (nSPS) is 16.6.